The Morgan fingerprint density at radius 1 is 1.18 bits per heavy atom. The standard InChI is InChI=1S/C15H22N6O/c1-13-8-14(18-21-12-16-11-17-21)10-15(9-13)20-4-2-19(3-5-20)6-7-22/h8-12,18,22H,2-7H2,1H3. The molecular formula is C15H22N6O. The third-order valence-electron chi connectivity index (χ3n) is 3.88. The minimum absolute atomic E-state index is 0.233. The average Bonchev–Trinajstić information content (AvgIpc) is 3.01. The van der Waals surface area contributed by atoms with Gasteiger partial charge in [0.25, 0.3) is 0 Å². The number of nitrogens with zero attached hydrogens (tertiary/aromatic N) is 5. The molecule has 0 spiro atoms. The summed E-state index contributed by atoms with van der Waals surface area (Å²) in [6.07, 6.45) is 3.14. The number of aliphatic hydroxyl groups excluding tert-OH is 1. The molecule has 118 valence electrons. The van der Waals surface area contributed by atoms with Crippen LogP contribution >= 0.6 is 0 Å². The van der Waals surface area contributed by atoms with Crippen LogP contribution in [-0.4, -0.2) is 64.2 Å². The van der Waals surface area contributed by atoms with Crippen LogP contribution in [0.2, 0.25) is 0 Å². The fraction of sp³-hybridized carbons (Fsp3) is 0.467. The fourth-order valence-electron chi connectivity index (χ4n) is 2.78. The Kier molecular flexibility index (Phi) is 4.55. The van der Waals surface area contributed by atoms with Crippen molar-refractivity contribution in [2.75, 3.05) is 49.7 Å². The minimum Gasteiger partial charge on any atom is -0.395 e. The Balaban J connectivity index is 1.70. The highest BCUT2D eigenvalue weighted by molar-refractivity contribution is 5.60. The van der Waals surface area contributed by atoms with Crippen LogP contribution in [0.15, 0.2) is 30.9 Å². The summed E-state index contributed by atoms with van der Waals surface area (Å²) < 4.78 is 0. The number of aryl methyl sites for hydroxylation is 1. The second-order valence-electron chi connectivity index (χ2n) is 5.56. The topological polar surface area (TPSA) is 69.5 Å². The van der Waals surface area contributed by atoms with Crippen molar-refractivity contribution in [2.45, 2.75) is 6.92 Å². The number of anilines is 2. The molecule has 0 saturated carbocycles. The van der Waals surface area contributed by atoms with Gasteiger partial charge in [0.15, 0.2) is 0 Å². The number of nitrogens with one attached hydrogen (secondary N) is 1. The summed E-state index contributed by atoms with van der Waals surface area (Å²) in [6.45, 7) is 7.02. The Hall–Kier alpha value is -2.12. The van der Waals surface area contributed by atoms with Crippen molar-refractivity contribution < 1.29 is 5.11 Å². The van der Waals surface area contributed by atoms with Gasteiger partial charge in [0.2, 0.25) is 0 Å². The number of aromatic nitrogens is 3. The maximum atomic E-state index is 9.02. The monoisotopic (exact) mass is 302 g/mol. The SMILES string of the molecule is Cc1cc(Nn2cncn2)cc(N2CCN(CCO)CC2)c1. The zero-order chi connectivity index (χ0) is 15.4. The number of aliphatic hydroxyl groups is 1. The number of hydrogen-bond donors (Lipinski definition) is 2. The Labute approximate surface area is 130 Å². The highest BCUT2D eigenvalue weighted by atomic mass is 16.3. The molecule has 0 amide bonds. The molecule has 1 aromatic heterocycles. The summed E-state index contributed by atoms with van der Waals surface area (Å²) in [6, 6.07) is 6.43. The Morgan fingerprint density at radius 2 is 2.00 bits per heavy atom. The zero-order valence-corrected chi connectivity index (χ0v) is 12.8. The smallest absolute Gasteiger partial charge is 0.139 e. The predicted molar refractivity (Wildman–Crippen MR) is 86.0 cm³/mol. The first kappa shape index (κ1) is 14.8. The van der Waals surface area contributed by atoms with Gasteiger partial charge in [-0.2, -0.15) is 4.79 Å². The van der Waals surface area contributed by atoms with Gasteiger partial charge in [-0.15, -0.1) is 5.10 Å². The van der Waals surface area contributed by atoms with E-state index in [1.807, 2.05) is 0 Å². The lowest BCUT2D eigenvalue weighted by Crippen LogP contribution is -2.47. The number of β-amino-alcohol motifs (C(OH)–C–C–N with tert-alkyl or cyclic N) is 1. The lowest BCUT2D eigenvalue weighted by atomic mass is 10.1. The first-order chi connectivity index (χ1) is 10.7. The van der Waals surface area contributed by atoms with Crippen LogP contribution < -0.4 is 10.3 Å². The summed E-state index contributed by atoms with van der Waals surface area (Å²) in [4.78, 5) is 10.2. The van der Waals surface area contributed by atoms with Crippen LogP contribution in [0.3, 0.4) is 0 Å². The van der Waals surface area contributed by atoms with E-state index in [4.69, 9.17) is 5.11 Å². The van der Waals surface area contributed by atoms with Crippen molar-refractivity contribution in [3.05, 3.63) is 36.4 Å². The van der Waals surface area contributed by atoms with Gasteiger partial charge >= 0.3 is 0 Å². The molecule has 0 unspecified atom stereocenters. The molecule has 1 fully saturated rings. The van der Waals surface area contributed by atoms with Crippen molar-refractivity contribution in [1.82, 2.24) is 19.8 Å². The highest BCUT2D eigenvalue weighted by Crippen LogP contribution is 2.23. The van der Waals surface area contributed by atoms with Crippen LogP contribution in [0.1, 0.15) is 5.56 Å². The molecule has 0 bridgehead atoms. The van der Waals surface area contributed by atoms with E-state index < -0.39 is 0 Å². The highest BCUT2D eigenvalue weighted by Gasteiger charge is 2.17. The van der Waals surface area contributed by atoms with Gasteiger partial charge in [-0.05, 0) is 30.7 Å². The van der Waals surface area contributed by atoms with E-state index in [-0.39, 0.29) is 6.61 Å². The quantitative estimate of drug-likeness (QED) is 0.842. The van der Waals surface area contributed by atoms with E-state index in [0.29, 0.717) is 0 Å². The second kappa shape index (κ2) is 6.76. The van der Waals surface area contributed by atoms with Gasteiger partial charge in [0.05, 0.1) is 12.3 Å². The molecule has 1 aromatic carbocycles. The number of piperazine rings is 1. The van der Waals surface area contributed by atoms with E-state index in [9.17, 15) is 0 Å². The van der Waals surface area contributed by atoms with E-state index in [1.54, 1.807) is 11.1 Å². The van der Waals surface area contributed by atoms with Crippen LogP contribution in [0.4, 0.5) is 11.4 Å². The summed E-state index contributed by atoms with van der Waals surface area (Å²) in [5.74, 6) is 0. The van der Waals surface area contributed by atoms with Crippen molar-refractivity contribution in [3.8, 4) is 0 Å². The molecule has 1 aliphatic rings. The van der Waals surface area contributed by atoms with E-state index in [1.165, 1.54) is 17.6 Å². The molecule has 0 radical (unpaired) electrons. The minimum atomic E-state index is 0.233. The first-order valence-corrected chi connectivity index (χ1v) is 7.56. The van der Waals surface area contributed by atoms with Gasteiger partial charge in [-0.25, -0.2) is 4.98 Å². The molecule has 2 heterocycles. The molecule has 7 heteroatoms. The van der Waals surface area contributed by atoms with Gasteiger partial charge in [0.1, 0.15) is 12.7 Å². The van der Waals surface area contributed by atoms with Gasteiger partial charge in [-0.1, -0.05) is 0 Å². The van der Waals surface area contributed by atoms with Crippen LogP contribution in [-0.2, 0) is 0 Å². The third kappa shape index (κ3) is 3.55. The fourth-order valence-corrected chi connectivity index (χ4v) is 2.78. The Bertz CT molecular complexity index is 592. The molecule has 7 nitrogen and oxygen atoms in total. The second-order valence-corrected chi connectivity index (χ2v) is 5.56. The molecule has 1 aliphatic heterocycles. The van der Waals surface area contributed by atoms with Crippen molar-refractivity contribution in [3.63, 3.8) is 0 Å². The van der Waals surface area contributed by atoms with Crippen LogP contribution in [0.5, 0.6) is 0 Å². The van der Waals surface area contributed by atoms with Crippen LogP contribution in [0, 0.1) is 6.92 Å². The first-order valence-electron chi connectivity index (χ1n) is 7.56. The maximum Gasteiger partial charge on any atom is 0.139 e. The zero-order valence-electron chi connectivity index (χ0n) is 12.8. The largest absolute Gasteiger partial charge is 0.395 e. The lowest BCUT2D eigenvalue weighted by Gasteiger charge is -2.36. The molecule has 2 N–H and O–H groups in total. The molecular weight excluding hydrogens is 280 g/mol. The number of hydrogen-bond acceptors (Lipinski definition) is 6. The van der Waals surface area contributed by atoms with Crippen LogP contribution in [0.25, 0.3) is 0 Å². The summed E-state index contributed by atoms with van der Waals surface area (Å²) >= 11 is 0. The van der Waals surface area contributed by atoms with Gasteiger partial charge in [-0.3, -0.25) is 10.3 Å². The van der Waals surface area contributed by atoms with Crippen molar-refractivity contribution in [1.29, 1.82) is 0 Å². The molecule has 0 atom stereocenters. The molecule has 0 aliphatic carbocycles. The summed E-state index contributed by atoms with van der Waals surface area (Å²) in [5, 5.41) is 13.1. The van der Waals surface area contributed by atoms with Gasteiger partial charge in [0, 0.05) is 38.4 Å². The third-order valence-corrected chi connectivity index (χ3v) is 3.88. The van der Waals surface area contributed by atoms with Gasteiger partial charge < -0.3 is 10.0 Å². The molecule has 22 heavy (non-hydrogen) atoms. The van der Waals surface area contributed by atoms with Crippen molar-refractivity contribution in [2.24, 2.45) is 0 Å². The normalized spacial score (nSPS) is 16.0. The average molecular weight is 302 g/mol. The molecule has 1 saturated heterocycles. The summed E-state index contributed by atoms with van der Waals surface area (Å²) in [7, 11) is 0. The molecule has 2 aromatic rings. The van der Waals surface area contributed by atoms with E-state index >= 15 is 0 Å². The predicted octanol–water partition coefficient (Wildman–Crippen LogP) is 0.576. The maximum absolute atomic E-state index is 9.02. The lowest BCUT2D eigenvalue weighted by molar-refractivity contribution is 0.189. The molecule has 3 rings (SSSR count). The number of rotatable bonds is 5. The number of benzene rings is 1. The van der Waals surface area contributed by atoms with E-state index in [0.717, 1.165) is 38.4 Å². The summed E-state index contributed by atoms with van der Waals surface area (Å²) in [5.41, 5.74) is 6.63. The van der Waals surface area contributed by atoms with E-state index in [2.05, 4.69) is 50.4 Å². The van der Waals surface area contributed by atoms with Crippen molar-refractivity contribution >= 4 is 11.4 Å². The Morgan fingerprint density at radius 3 is 2.68 bits per heavy atom.